The number of fused-ring (bicyclic) bond motifs is 2. The molecule has 1 aromatic rings. The minimum absolute atomic E-state index is 0.132. The lowest BCUT2D eigenvalue weighted by atomic mass is 9.73. The van der Waals surface area contributed by atoms with E-state index in [1.807, 2.05) is 12.1 Å². The first-order valence-corrected chi connectivity index (χ1v) is 7.60. The molecule has 1 aliphatic carbocycles. The number of carbonyl (C=O) groups excluding carboxylic acids is 1. The second kappa shape index (κ2) is 5.38. The Morgan fingerprint density at radius 1 is 1.45 bits per heavy atom. The lowest BCUT2D eigenvalue weighted by molar-refractivity contribution is -0.141. The smallest absolute Gasteiger partial charge is 0.306 e. The summed E-state index contributed by atoms with van der Waals surface area (Å²) in [4.78, 5) is 11.7. The summed E-state index contributed by atoms with van der Waals surface area (Å²) in [6.45, 7) is 2.05. The highest BCUT2D eigenvalue weighted by molar-refractivity contribution is 6.31. The molecule has 1 unspecified atom stereocenters. The number of rotatable bonds is 2. The fourth-order valence-electron chi connectivity index (χ4n) is 3.95. The minimum atomic E-state index is -0.132. The molecule has 1 atom stereocenters. The van der Waals surface area contributed by atoms with Gasteiger partial charge in [-0.2, -0.15) is 0 Å². The van der Waals surface area contributed by atoms with E-state index < -0.39 is 0 Å². The third-order valence-corrected chi connectivity index (χ3v) is 5.17. The van der Waals surface area contributed by atoms with Crippen LogP contribution in [-0.2, 0) is 14.9 Å². The third kappa shape index (κ3) is 2.23. The summed E-state index contributed by atoms with van der Waals surface area (Å²) in [7, 11) is 1.45. The Balaban J connectivity index is 1.99. The van der Waals surface area contributed by atoms with Gasteiger partial charge < -0.3 is 10.1 Å². The zero-order valence-corrected chi connectivity index (χ0v) is 12.5. The number of hydrogen-bond acceptors (Lipinski definition) is 3. The molecule has 0 amide bonds. The van der Waals surface area contributed by atoms with Crippen molar-refractivity contribution in [3.05, 3.63) is 34.3 Å². The molecule has 0 bridgehead atoms. The standard InChI is InChI=1S/C16H20ClNO2/c1-20-14(19)9-11-10-16(5-7-18-8-6-16)15-12(11)3-2-4-13(15)17/h2-4,11,18H,5-10H2,1H3. The second-order valence-corrected chi connectivity index (χ2v) is 6.32. The molecular weight excluding hydrogens is 274 g/mol. The van der Waals surface area contributed by atoms with Crippen LogP contribution in [0.2, 0.25) is 5.02 Å². The van der Waals surface area contributed by atoms with E-state index in [-0.39, 0.29) is 17.3 Å². The molecule has 4 heteroatoms. The Morgan fingerprint density at radius 3 is 2.90 bits per heavy atom. The largest absolute Gasteiger partial charge is 0.469 e. The van der Waals surface area contributed by atoms with E-state index in [0.717, 1.165) is 37.4 Å². The molecule has 1 spiro atoms. The maximum atomic E-state index is 11.7. The Hall–Kier alpha value is -1.06. The summed E-state index contributed by atoms with van der Waals surface area (Å²) in [6, 6.07) is 6.10. The first-order chi connectivity index (χ1) is 9.66. The van der Waals surface area contributed by atoms with Crippen molar-refractivity contribution < 1.29 is 9.53 Å². The lowest BCUT2D eigenvalue weighted by Crippen LogP contribution is -2.38. The number of ether oxygens (including phenoxy) is 1. The molecule has 1 heterocycles. The SMILES string of the molecule is COC(=O)CC1CC2(CCNCC2)c2c(Cl)cccc21. The molecule has 1 saturated heterocycles. The van der Waals surface area contributed by atoms with Gasteiger partial charge in [0.2, 0.25) is 0 Å². The van der Waals surface area contributed by atoms with Crippen molar-refractivity contribution in [2.75, 3.05) is 20.2 Å². The quantitative estimate of drug-likeness (QED) is 0.852. The van der Waals surface area contributed by atoms with E-state index in [9.17, 15) is 4.79 Å². The molecule has 3 rings (SSSR count). The Kier molecular flexibility index (Phi) is 3.74. The number of hydrogen-bond donors (Lipinski definition) is 1. The fraction of sp³-hybridized carbons (Fsp3) is 0.562. The summed E-state index contributed by atoms with van der Waals surface area (Å²) in [5, 5.41) is 4.28. The van der Waals surface area contributed by atoms with Gasteiger partial charge in [-0.1, -0.05) is 23.7 Å². The monoisotopic (exact) mass is 293 g/mol. The molecule has 2 aliphatic rings. The predicted molar refractivity (Wildman–Crippen MR) is 79.2 cm³/mol. The number of nitrogens with one attached hydrogen (secondary N) is 1. The van der Waals surface area contributed by atoms with Crippen LogP contribution in [0.4, 0.5) is 0 Å². The maximum Gasteiger partial charge on any atom is 0.306 e. The summed E-state index contributed by atoms with van der Waals surface area (Å²) in [5.74, 6) is 0.112. The first kappa shape index (κ1) is 13.9. The van der Waals surface area contributed by atoms with E-state index in [1.54, 1.807) is 0 Å². The molecular formula is C16H20ClNO2. The predicted octanol–water partition coefficient (Wildman–Crippen LogP) is 3.01. The number of esters is 1. The number of halogens is 1. The van der Waals surface area contributed by atoms with Crippen LogP contribution in [0.25, 0.3) is 0 Å². The highest BCUT2D eigenvalue weighted by atomic mass is 35.5. The summed E-state index contributed by atoms with van der Waals surface area (Å²) in [5.41, 5.74) is 2.69. The summed E-state index contributed by atoms with van der Waals surface area (Å²) < 4.78 is 4.85. The second-order valence-electron chi connectivity index (χ2n) is 5.92. The van der Waals surface area contributed by atoms with Gasteiger partial charge in [-0.3, -0.25) is 4.79 Å². The molecule has 3 nitrogen and oxygen atoms in total. The molecule has 0 aromatic heterocycles. The highest BCUT2D eigenvalue weighted by Crippen LogP contribution is 2.54. The van der Waals surface area contributed by atoms with Crippen molar-refractivity contribution in [3.63, 3.8) is 0 Å². The van der Waals surface area contributed by atoms with Gasteiger partial charge in [-0.25, -0.2) is 0 Å². The zero-order chi connectivity index (χ0) is 14.2. The number of carbonyl (C=O) groups is 1. The maximum absolute atomic E-state index is 11.7. The number of piperidine rings is 1. The van der Waals surface area contributed by atoms with Gasteiger partial charge in [-0.15, -0.1) is 0 Å². The molecule has 1 aliphatic heterocycles. The van der Waals surface area contributed by atoms with Crippen LogP contribution in [0.15, 0.2) is 18.2 Å². The highest BCUT2D eigenvalue weighted by Gasteiger charge is 2.45. The van der Waals surface area contributed by atoms with Crippen molar-refractivity contribution in [1.29, 1.82) is 0 Å². The first-order valence-electron chi connectivity index (χ1n) is 7.23. The third-order valence-electron chi connectivity index (χ3n) is 4.85. The average molecular weight is 294 g/mol. The topological polar surface area (TPSA) is 38.3 Å². The van der Waals surface area contributed by atoms with E-state index in [4.69, 9.17) is 16.3 Å². The van der Waals surface area contributed by atoms with Gasteiger partial charge in [0.05, 0.1) is 13.5 Å². The van der Waals surface area contributed by atoms with Gasteiger partial charge in [0.15, 0.2) is 0 Å². The zero-order valence-electron chi connectivity index (χ0n) is 11.7. The molecule has 0 radical (unpaired) electrons. The molecule has 20 heavy (non-hydrogen) atoms. The Morgan fingerprint density at radius 2 is 2.20 bits per heavy atom. The van der Waals surface area contributed by atoms with Crippen molar-refractivity contribution in [2.45, 2.75) is 37.0 Å². The molecule has 1 N–H and O–H groups in total. The van der Waals surface area contributed by atoms with Crippen LogP contribution in [0.3, 0.4) is 0 Å². The van der Waals surface area contributed by atoms with Gasteiger partial charge >= 0.3 is 5.97 Å². The summed E-state index contributed by atoms with van der Waals surface area (Å²) >= 11 is 6.49. The van der Waals surface area contributed by atoms with E-state index in [1.165, 1.54) is 18.2 Å². The normalized spacial score (nSPS) is 23.6. The minimum Gasteiger partial charge on any atom is -0.469 e. The Bertz CT molecular complexity index is 523. The number of benzene rings is 1. The van der Waals surface area contributed by atoms with Crippen molar-refractivity contribution in [3.8, 4) is 0 Å². The van der Waals surface area contributed by atoms with E-state index in [2.05, 4.69) is 11.4 Å². The fourth-order valence-corrected chi connectivity index (χ4v) is 4.33. The van der Waals surface area contributed by atoms with Crippen LogP contribution in [0.1, 0.15) is 42.7 Å². The lowest BCUT2D eigenvalue weighted by Gasteiger charge is -2.35. The van der Waals surface area contributed by atoms with Gasteiger partial charge in [0.25, 0.3) is 0 Å². The van der Waals surface area contributed by atoms with Gasteiger partial charge in [0, 0.05) is 10.4 Å². The van der Waals surface area contributed by atoms with Crippen LogP contribution in [-0.4, -0.2) is 26.2 Å². The van der Waals surface area contributed by atoms with Gasteiger partial charge in [-0.05, 0) is 55.5 Å². The van der Waals surface area contributed by atoms with E-state index in [0.29, 0.717) is 6.42 Å². The van der Waals surface area contributed by atoms with Crippen LogP contribution in [0.5, 0.6) is 0 Å². The van der Waals surface area contributed by atoms with Crippen molar-refractivity contribution in [1.82, 2.24) is 5.32 Å². The molecule has 108 valence electrons. The van der Waals surface area contributed by atoms with Crippen LogP contribution >= 0.6 is 11.6 Å². The Labute approximate surface area is 124 Å². The molecule has 0 saturated carbocycles. The van der Waals surface area contributed by atoms with Crippen molar-refractivity contribution in [2.24, 2.45) is 0 Å². The summed E-state index contributed by atoms with van der Waals surface area (Å²) in [6.07, 6.45) is 3.67. The van der Waals surface area contributed by atoms with Crippen LogP contribution in [0, 0.1) is 0 Å². The molecule has 1 aromatic carbocycles. The van der Waals surface area contributed by atoms with E-state index >= 15 is 0 Å². The van der Waals surface area contributed by atoms with Gasteiger partial charge in [0.1, 0.15) is 0 Å². The van der Waals surface area contributed by atoms with Crippen molar-refractivity contribution >= 4 is 17.6 Å². The number of methoxy groups -OCH3 is 1. The average Bonchev–Trinajstić information content (AvgIpc) is 2.75. The molecule has 1 fully saturated rings. The van der Waals surface area contributed by atoms with Crippen LogP contribution < -0.4 is 5.32 Å².